The quantitative estimate of drug-likeness (QED) is 0.599. The van der Waals surface area contributed by atoms with Crippen molar-refractivity contribution in [2.24, 2.45) is 17.3 Å². The molecule has 1 aliphatic carbocycles. The summed E-state index contributed by atoms with van der Waals surface area (Å²) in [5.74, 6) is 1.57. The average Bonchev–Trinajstić information content (AvgIpc) is 2.30. The Labute approximate surface area is 133 Å². The molecule has 0 aromatic carbocycles. The van der Waals surface area contributed by atoms with Gasteiger partial charge < -0.3 is 0 Å². The molecule has 1 aliphatic rings. The number of halogens is 2. The summed E-state index contributed by atoms with van der Waals surface area (Å²) in [7, 11) is 0. The predicted molar refractivity (Wildman–Crippen MR) is 88.6 cm³/mol. The number of pyridine rings is 1. The molecular weight excluding hydrogens is 366 g/mol. The molecule has 106 valence electrons. The molecule has 3 heteroatoms. The predicted octanol–water partition coefficient (Wildman–Crippen LogP) is 5.61. The van der Waals surface area contributed by atoms with E-state index in [1.54, 1.807) is 0 Å². The van der Waals surface area contributed by atoms with E-state index in [1.807, 2.05) is 12.4 Å². The fourth-order valence-electron chi connectivity index (χ4n) is 3.10. The molecule has 0 N–H and O–H groups in total. The van der Waals surface area contributed by atoms with Crippen molar-refractivity contribution in [2.75, 3.05) is 0 Å². The molecule has 1 heterocycles. The van der Waals surface area contributed by atoms with Crippen molar-refractivity contribution in [3.05, 3.63) is 28.5 Å². The van der Waals surface area contributed by atoms with E-state index in [9.17, 15) is 0 Å². The van der Waals surface area contributed by atoms with Gasteiger partial charge in [-0.3, -0.25) is 4.98 Å². The van der Waals surface area contributed by atoms with Gasteiger partial charge in [-0.15, -0.1) is 0 Å². The van der Waals surface area contributed by atoms with Gasteiger partial charge in [-0.2, -0.15) is 0 Å². The molecule has 1 aromatic heterocycles. The van der Waals surface area contributed by atoms with E-state index in [4.69, 9.17) is 0 Å². The molecule has 0 spiro atoms. The first-order valence-electron chi connectivity index (χ1n) is 7.10. The molecule has 0 aliphatic heterocycles. The van der Waals surface area contributed by atoms with Crippen LogP contribution in [0.4, 0.5) is 0 Å². The van der Waals surface area contributed by atoms with Gasteiger partial charge in [0.15, 0.2) is 0 Å². The van der Waals surface area contributed by atoms with Gasteiger partial charge >= 0.3 is 0 Å². The lowest BCUT2D eigenvalue weighted by Gasteiger charge is -2.40. The van der Waals surface area contributed by atoms with E-state index in [2.05, 4.69) is 63.7 Å². The van der Waals surface area contributed by atoms with E-state index >= 15 is 0 Å². The van der Waals surface area contributed by atoms with E-state index in [-0.39, 0.29) is 0 Å². The monoisotopic (exact) mass is 387 g/mol. The fraction of sp³-hybridized carbons (Fsp3) is 0.688. The first-order chi connectivity index (χ1) is 8.86. The van der Waals surface area contributed by atoms with Crippen LogP contribution >= 0.6 is 31.9 Å². The van der Waals surface area contributed by atoms with Crippen LogP contribution in [0, 0.1) is 17.3 Å². The Morgan fingerprint density at radius 2 is 2.00 bits per heavy atom. The topological polar surface area (TPSA) is 12.9 Å². The standard InChI is InChI=1S/C16H23Br2N/c1-16(2,3)13-4-5-15(18)12(8-13)6-11-7-14(17)10-19-9-11/h7,9-10,12-13,15H,4-6,8H2,1-3H3. The van der Waals surface area contributed by atoms with Crippen LogP contribution in [0.2, 0.25) is 0 Å². The highest BCUT2D eigenvalue weighted by Crippen LogP contribution is 2.43. The highest BCUT2D eigenvalue weighted by Gasteiger charge is 2.34. The Morgan fingerprint density at radius 3 is 2.63 bits per heavy atom. The molecular formula is C16H23Br2N. The van der Waals surface area contributed by atoms with E-state index in [0.29, 0.717) is 10.2 Å². The van der Waals surface area contributed by atoms with Crippen LogP contribution in [0.5, 0.6) is 0 Å². The van der Waals surface area contributed by atoms with Gasteiger partial charge in [-0.1, -0.05) is 36.7 Å². The molecule has 3 atom stereocenters. The zero-order valence-electron chi connectivity index (χ0n) is 12.0. The maximum absolute atomic E-state index is 4.28. The zero-order chi connectivity index (χ0) is 14.0. The van der Waals surface area contributed by atoms with Crippen molar-refractivity contribution < 1.29 is 0 Å². The Hall–Kier alpha value is 0.110. The molecule has 19 heavy (non-hydrogen) atoms. The van der Waals surface area contributed by atoms with E-state index in [0.717, 1.165) is 22.7 Å². The van der Waals surface area contributed by atoms with Crippen LogP contribution in [0.3, 0.4) is 0 Å². The third-order valence-corrected chi connectivity index (χ3v) is 6.01. The van der Waals surface area contributed by atoms with Crippen molar-refractivity contribution in [3.8, 4) is 0 Å². The molecule has 0 bridgehead atoms. The lowest BCUT2D eigenvalue weighted by molar-refractivity contribution is 0.146. The smallest absolute Gasteiger partial charge is 0.0410 e. The summed E-state index contributed by atoms with van der Waals surface area (Å²) in [5, 5.41) is 0. The molecule has 1 saturated carbocycles. The Morgan fingerprint density at radius 1 is 1.26 bits per heavy atom. The van der Waals surface area contributed by atoms with Crippen LogP contribution in [0.1, 0.15) is 45.6 Å². The normalized spacial score (nSPS) is 28.4. The van der Waals surface area contributed by atoms with Crippen LogP contribution < -0.4 is 0 Å². The van der Waals surface area contributed by atoms with Crippen molar-refractivity contribution in [1.29, 1.82) is 0 Å². The molecule has 1 nitrogen and oxygen atoms in total. The second-order valence-electron chi connectivity index (χ2n) is 6.87. The number of alkyl halides is 1. The molecule has 0 radical (unpaired) electrons. The summed E-state index contributed by atoms with van der Waals surface area (Å²) < 4.78 is 1.08. The number of hydrogen-bond donors (Lipinski definition) is 0. The van der Waals surface area contributed by atoms with Crippen LogP contribution in [0.25, 0.3) is 0 Å². The minimum Gasteiger partial charge on any atom is -0.263 e. The highest BCUT2D eigenvalue weighted by atomic mass is 79.9. The minimum absolute atomic E-state index is 0.431. The second kappa shape index (κ2) is 6.26. The summed E-state index contributed by atoms with van der Waals surface area (Å²) >= 11 is 7.40. The summed E-state index contributed by atoms with van der Waals surface area (Å²) in [5.41, 5.74) is 1.78. The second-order valence-corrected chi connectivity index (χ2v) is 8.96. The van der Waals surface area contributed by atoms with E-state index in [1.165, 1.54) is 24.8 Å². The lowest BCUT2D eigenvalue weighted by atomic mass is 9.68. The van der Waals surface area contributed by atoms with Crippen LogP contribution in [-0.4, -0.2) is 9.81 Å². The summed E-state index contributed by atoms with van der Waals surface area (Å²) in [6, 6.07) is 2.20. The average molecular weight is 389 g/mol. The third-order valence-electron chi connectivity index (χ3n) is 4.37. The van der Waals surface area contributed by atoms with Crippen molar-refractivity contribution in [3.63, 3.8) is 0 Å². The first kappa shape index (κ1) is 15.5. The van der Waals surface area contributed by atoms with Gasteiger partial charge in [0, 0.05) is 21.7 Å². The number of aromatic nitrogens is 1. The van der Waals surface area contributed by atoms with Gasteiger partial charge in [0.1, 0.15) is 0 Å². The number of nitrogens with zero attached hydrogens (tertiary/aromatic N) is 1. The summed E-state index contributed by atoms with van der Waals surface area (Å²) in [6.45, 7) is 7.14. The zero-order valence-corrected chi connectivity index (χ0v) is 15.2. The summed E-state index contributed by atoms with van der Waals surface area (Å²) in [6.07, 6.45) is 8.97. The molecule has 0 saturated heterocycles. The highest BCUT2D eigenvalue weighted by molar-refractivity contribution is 9.10. The fourth-order valence-corrected chi connectivity index (χ4v) is 4.17. The van der Waals surface area contributed by atoms with Crippen LogP contribution in [0.15, 0.2) is 22.9 Å². The molecule has 0 amide bonds. The largest absolute Gasteiger partial charge is 0.263 e. The number of hydrogen-bond acceptors (Lipinski definition) is 1. The number of rotatable bonds is 2. The third kappa shape index (κ3) is 4.29. The Kier molecular flexibility index (Phi) is 5.10. The molecule has 2 rings (SSSR count). The molecule has 3 unspecified atom stereocenters. The van der Waals surface area contributed by atoms with Gasteiger partial charge in [0.2, 0.25) is 0 Å². The van der Waals surface area contributed by atoms with E-state index < -0.39 is 0 Å². The van der Waals surface area contributed by atoms with Crippen LogP contribution in [-0.2, 0) is 6.42 Å². The lowest BCUT2D eigenvalue weighted by Crippen LogP contribution is -2.33. The van der Waals surface area contributed by atoms with Crippen molar-refractivity contribution in [1.82, 2.24) is 4.98 Å². The maximum atomic E-state index is 4.28. The molecule has 1 aromatic rings. The Balaban J connectivity index is 2.05. The van der Waals surface area contributed by atoms with Gasteiger partial charge in [0.05, 0.1) is 0 Å². The van der Waals surface area contributed by atoms with Gasteiger partial charge in [-0.25, -0.2) is 0 Å². The minimum atomic E-state index is 0.431. The van der Waals surface area contributed by atoms with Crippen molar-refractivity contribution in [2.45, 2.75) is 51.3 Å². The van der Waals surface area contributed by atoms with Crippen molar-refractivity contribution >= 4 is 31.9 Å². The SMILES string of the molecule is CC(C)(C)C1CCC(Br)C(Cc2cncc(Br)c2)C1. The maximum Gasteiger partial charge on any atom is 0.0410 e. The first-order valence-corrected chi connectivity index (χ1v) is 8.80. The van der Waals surface area contributed by atoms with Gasteiger partial charge in [0.25, 0.3) is 0 Å². The molecule has 1 fully saturated rings. The Bertz CT molecular complexity index is 425. The summed E-state index contributed by atoms with van der Waals surface area (Å²) in [4.78, 5) is 4.94. The van der Waals surface area contributed by atoms with Gasteiger partial charge in [-0.05, 0) is 70.5 Å².